The minimum atomic E-state index is -0.491. The number of aliphatic imine (C=N–C) groups is 1. The maximum Gasteiger partial charge on any atom is 0.434 e. The highest BCUT2D eigenvalue weighted by atomic mass is 16.7. The number of rotatable bonds is 1. The highest BCUT2D eigenvalue weighted by Gasteiger charge is 2.36. The normalized spacial score (nSPS) is 23.0. The van der Waals surface area contributed by atoms with Crippen LogP contribution in [0.2, 0.25) is 0 Å². The van der Waals surface area contributed by atoms with E-state index in [4.69, 9.17) is 9.57 Å². The summed E-state index contributed by atoms with van der Waals surface area (Å²) >= 11 is 0. The van der Waals surface area contributed by atoms with Gasteiger partial charge in [0.15, 0.2) is 17.3 Å². The van der Waals surface area contributed by atoms with Crippen LogP contribution in [0.1, 0.15) is 6.42 Å². The number of carbonyl (C=O) groups excluding carboxylic acids is 2. The lowest BCUT2D eigenvalue weighted by Gasteiger charge is -2.35. The molecule has 23 heavy (non-hydrogen) atoms. The van der Waals surface area contributed by atoms with Crippen LogP contribution in [0.4, 0.5) is 4.79 Å². The molecule has 0 atom stereocenters. The van der Waals surface area contributed by atoms with Gasteiger partial charge in [-0.1, -0.05) is 6.08 Å². The average molecular weight is 316 g/mol. The van der Waals surface area contributed by atoms with Crippen LogP contribution in [-0.2, 0) is 14.4 Å². The standard InChI is InChI=1S/C15H16N4O4/c20-12-3-4-16-14-13(12)19(10-11-2-1-5-18(11)14)23-15(21)17-6-8-22-9-7-17/h1-2,4,10H,3,5-9H2. The lowest BCUT2D eigenvalue weighted by molar-refractivity contribution is -0.122. The molecular weight excluding hydrogens is 300 g/mol. The summed E-state index contributed by atoms with van der Waals surface area (Å²) in [6.45, 7) is 2.59. The molecule has 1 amide bonds. The van der Waals surface area contributed by atoms with Crippen molar-refractivity contribution in [3.63, 3.8) is 0 Å². The Morgan fingerprint density at radius 3 is 2.96 bits per heavy atom. The number of hydroxylamine groups is 2. The predicted molar refractivity (Wildman–Crippen MR) is 79.8 cm³/mol. The zero-order valence-electron chi connectivity index (χ0n) is 12.5. The zero-order chi connectivity index (χ0) is 15.8. The van der Waals surface area contributed by atoms with Gasteiger partial charge < -0.3 is 19.4 Å². The van der Waals surface area contributed by atoms with Crippen molar-refractivity contribution in [2.45, 2.75) is 6.42 Å². The number of ether oxygens (including phenoxy) is 1. The van der Waals surface area contributed by atoms with E-state index in [1.165, 1.54) is 5.06 Å². The summed E-state index contributed by atoms with van der Waals surface area (Å²) in [5.74, 6) is 0.408. The molecule has 0 aromatic carbocycles. The molecule has 0 saturated carbocycles. The molecule has 4 aliphatic rings. The predicted octanol–water partition coefficient (Wildman–Crippen LogP) is 0.612. The van der Waals surface area contributed by atoms with Crippen LogP contribution in [0.25, 0.3) is 0 Å². The van der Waals surface area contributed by atoms with E-state index < -0.39 is 6.09 Å². The fourth-order valence-electron chi connectivity index (χ4n) is 2.86. The monoisotopic (exact) mass is 316 g/mol. The number of amides is 1. The number of allylic oxidation sites excluding steroid dienone is 2. The third-order valence-corrected chi connectivity index (χ3v) is 4.03. The van der Waals surface area contributed by atoms with Crippen LogP contribution in [0.15, 0.2) is 40.6 Å². The first-order valence-electron chi connectivity index (χ1n) is 7.54. The van der Waals surface area contributed by atoms with Gasteiger partial charge >= 0.3 is 6.09 Å². The van der Waals surface area contributed by atoms with E-state index in [1.54, 1.807) is 17.3 Å². The van der Waals surface area contributed by atoms with E-state index in [1.807, 2.05) is 17.1 Å². The Balaban J connectivity index is 1.60. The quantitative estimate of drug-likeness (QED) is 0.706. The van der Waals surface area contributed by atoms with Crippen molar-refractivity contribution in [1.82, 2.24) is 14.9 Å². The minimum absolute atomic E-state index is 0.119. The van der Waals surface area contributed by atoms with Gasteiger partial charge in [0.1, 0.15) is 0 Å². The summed E-state index contributed by atoms with van der Waals surface area (Å²) in [6.07, 6.45) is 6.83. The molecule has 8 nitrogen and oxygen atoms in total. The first-order chi connectivity index (χ1) is 11.2. The maximum absolute atomic E-state index is 12.3. The van der Waals surface area contributed by atoms with Crippen LogP contribution < -0.4 is 0 Å². The Morgan fingerprint density at radius 1 is 1.30 bits per heavy atom. The smallest absolute Gasteiger partial charge is 0.378 e. The molecule has 0 aliphatic carbocycles. The van der Waals surface area contributed by atoms with Gasteiger partial charge in [-0.25, -0.2) is 9.79 Å². The van der Waals surface area contributed by atoms with E-state index in [2.05, 4.69) is 4.99 Å². The highest BCUT2D eigenvalue weighted by molar-refractivity contribution is 6.05. The topological polar surface area (TPSA) is 74.7 Å². The lowest BCUT2D eigenvalue weighted by Crippen LogP contribution is -2.44. The van der Waals surface area contributed by atoms with Crippen molar-refractivity contribution in [1.29, 1.82) is 0 Å². The van der Waals surface area contributed by atoms with Crippen molar-refractivity contribution in [3.8, 4) is 0 Å². The summed E-state index contributed by atoms with van der Waals surface area (Å²) in [5, 5.41) is 1.26. The highest BCUT2D eigenvalue weighted by Crippen LogP contribution is 2.33. The Kier molecular flexibility index (Phi) is 3.38. The van der Waals surface area contributed by atoms with Gasteiger partial charge in [0.25, 0.3) is 0 Å². The van der Waals surface area contributed by atoms with Gasteiger partial charge in [-0.05, 0) is 6.08 Å². The molecule has 0 spiro atoms. The number of fused-ring (bicyclic) bond motifs is 2. The molecule has 1 fully saturated rings. The van der Waals surface area contributed by atoms with E-state index in [0.717, 1.165) is 5.70 Å². The van der Waals surface area contributed by atoms with E-state index in [-0.39, 0.29) is 12.2 Å². The Labute approximate surface area is 132 Å². The maximum atomic E-state index is 12.3. The molecule has 4 rings (SSSR count). The van der Waals surface area contributed by atoms with Gasteiger partial charge in [-0.3, -0.25) is 4.79 Å². The first kappa shape index (κ1) is 14.0. The van der Waals surface area contributed by atoms with Gasteiger partial charge in [-0.2, -0.15) is 5.06 Å². The number of nitrogens with zero attached hydrogens (tertiary/aromatic N) is 4. The molecule has 120 valence electrons. The molecular formula is C15H16N4O4. The molecule has 0 unspecified atom stereocenters. The first-order valence-corrected chi connectivity index (χ1v) is 7.54. The largest absolute Gasteiger partial charge is 0.434 e. The van der Waals surface area contributed by atoms with E-state index in [0.29, 0.717) is 44.4 Å². The minimum Gasteiger partial charge on any atom is -0.378 e. The second-order valence-electron chi connectivity index (χ2n) is 5.46. The Morgan fingerprint density at radius 2 is 2.13 bits per heavy atom. The number of hydrogen-bond acceptors (Lipinski definition) is 7. The Bertz CT molecular complexity index is 673. The molecule has 0 aromatic rings. The number of Topliss-reactive ketones (excluding diaryl/α,β-unsaturated/α-hetero) is 1. The van der Waals surface area contributed by atoms with Crippen molar-refractivity contribution in [2.24, 2.45) is 4.99 Å². The molecule has 4 aliphatic heterocycles. The second-order valence-corrected chi connectivity index (χ2v) is 5.46. The summed E-state index contributed by atoms with van der Waals surface area (Å²) < 4.78 is 5.23. The third-order valence-electron chi connectivity index (χ3n) is 4.03. The molecule has 0 radical (unpaired) electrons. The van der Waals surface area contributed by atoms with Gasteiger partial charge in [0, 0.05) is 32.3 Å². The van der Waals surface area contributed by atoms with Crippen molar-refractivity contribution in [3.05, 3.63) is 35.6 Å². The summed E-state index contributed by atoms with van der Waals surface area (Å²) in [6, 6.07) is 0. The van der Waals surface area contributed by atoms with E-state index in [9.17, 15) is 9.59 Å². The van der Waals surface area contributed by atoms with Crippen LogP contribution >= 0.6 is 0 Å². The summed E-state index contributed by atoms with van der Waals surface area (Å²) in [4.78, 5) is 37.9. The van der Waals surface area contributed by atoms with Gasteiger partial charge in [0.05, 0.1) is 25.1 Å². The van der Waals surface area contributed by atoms with Crippen LogP contribution in [0.5, 0.6) is 0 Å². The molecule has 1 saturated heterocycles. The number of carbonyl (C=O) groups is 2. The third kappa shape index (κ3) is 2.40. The fraction of sp³-hybridized carbons (Fsp3) is 0.400. The van der Waals surface area contributed by atoms with Crippen molar-refractivity contribution in [2.75, 3.05) is 32.8 Å². The van der Waals surface area contributed by atoms with Crippen molar-refractivity contribution >= 4 is 18.1 Å². The lowest BCUT2D eigenvalue weighted by atomic mass is 10.1. The number of hydrogen-bond donors (Lipinski definition) is 0. The molecule has 0 aromatic heterocycles. The van der Waals surface area contributed by atoms with Gasteiger partial charge in [-0.15, -0.1) is 0 Å². The average Bonchev–Trinajstić information content (AvgIpc) is 3.04. The number of ketones is 1. The fourth-order valence-corrected chi connectivity index (χ4v) is 2.86. The van der Waals surface area contributed by atoms with Crippen LogP contribution in [0, 0.1) is 0 Å². The van der Waals surface area contributed by atoms with Crippen LogP contribution in [0.3, 0.4) is 0 Å². The van der Waals surface area contributed by atoms with Crippen molar-refractivity contribution < 1.29 is 19.2 Å². The second kappa shape index (κ2) is 5.54. The number of morpholine rings is 1. The Hall–Kier alpha value is -2.61. The molecule has 0 bridgehead atoms. The van der Waals surface area contributed by atoms with E-state index >= 15 is 0 Å². The molecule has 0 N–H and O–H groups in total. The molecule has 8 heteroatoms. The SMILES string of the molecule is O=C1CC=NC2=C1N(OC(=O)N1CCOCC1)C=C1C=CCN12. The van der Waals surface area contributed by atoms with Crippen LogP contribution in [-0.4, -0.2) is 65.8 Å². The summed E-state index contributed by atoms with van der Waals surface area (Å²) in [7, 11) is 0. The zero-order valence-corrected chi connectivity index (χ0v) is 12.5. The van der Waals surface area contributed by atoms with Gasteiger partial charge in [0.2, 0.25) is 0 Å². The molecule has 4 heterocycles. The summed E-state index contributed by atoms with van der Waals surface area (Å²) in [5.41, 5.74) is 1.15.